The van der Waals surface area contributed by atoms with Gasteiger partial charge in [0, 0.05) is 16.5 Å². The van der Waals surface area contributed by atoms with Crippen molar-refractivity contribution < 1.29 is 9.53 Å². The molecule has 0 saturated carbocycles. The van der Waals surface area contributed by atoms with Gasteiger partial charge in [0.1, 0.15) is 5.69 Å². The molecule has 0 fully saturated rings. The van der Waals surface area contributed by atoms with Gasteiger partial charge in [0.15, 0.2) is 0 Å². The van der Waals surface area contributed by atoms with Crippen LogP contribution in [-0.2, 0) is 4.74 Å². The van der Waals surface area contributed by atoms with E-state index >= 15 is 0 Å². The van der Waals surface area contributed by atoms with Crippen LogP contribution >= 0.6 is 0 Å². The lowest BCUT2D eigenvalue weighted by Gasteiger charge is -2.00. The van der Waals surface area contributed by atoms with Crippen molar-refractivity contribution in [2.24, 2.45) is 0 Å². The zero-order valence-corrected chi connectivity index (χ0v) is 9.99. The monoisotopic (exact) mass is 229 g/mol. The van der Waals surface area contributed by atoms with Crippen molar-refractivity contribution in [1.29, 1.82) is 0 Å². The van der Waals surface area contributed by atoms with Gasteiger partial charge in [0.2, 0.25) is 0 Å². The van der Waals surface area contributed by atoms with Gasteiger partial charge in [0.25, 0.3) is 0 Å². The molecule has 3 nitrogen and oxygen atoms in total. The zero-order chi connectivity index (χ0) is 12.3. The molecule has 1 aromatic heterocycles. The fourth-order valence-corrected chi connectivity index (χ4v) is 1.87. The Balaban J connectivity index is 2.61. The molecule has 0 bridgehead atoms. The normalized spacial score (nSPS) is 11.2. The van der Waals surface area contributed by atoms with Crippen LogP contribution in [0.2, 0.25) is 0 Å². The standard InChI is InChI=1S/C14H15NO2/c1-3-7-11-10-8-5-6-9-12(10)15-13(11)14(16)17-4-2/h3,5-9,15H,4H2,1-2H3/b7-3+. The van der Waals surface area contributed by atoms with Gasteiger partial charge in [-0.15, -0.1) is 0 Å². The van der Waals surface area contributed by atoms with Crippen LogP contribution in [0.1, 0.15) is 29.9 Å². The number of benzene rings is 1. The van der Waals surface area contributed by atoms with Crippen molar-refractivity contribution in [2.75, 3.05) is 6.61 Å². The van der Waals surface area contributed by atoms with Crippen molar-refractivity contribution in [2.45, 2.75) is 13.8 Å². The number of ether oxygens (including phenoxy) is 1. The van der Waals surface area contributed by atoms with Crippen LogP contribution < -0.4 is 0 Å². The molecule has 0 radical (unpaired) electrons. The molecule has 0 aliphatic heterocycles. The average Bonchev–Trinajstić information content (AvgIpc) is 2.70. The summed E-state index contributed by atoms with van der Waals surface area (Å²) in [5.74, 6) is -0.309. The molecule has 1 heterocycles. The minimum absolute atomic E-state index is 0.309. The van der Waals surface area contributed by atoms with Crippen molar-refractivity contribution in [3.8, 4) is 0 Å². The average molecular weight is 229 g/mol. The number of hydrogen-bond acceptors (Lipinski definition) is 2. The van der Waals surface area contributed by atoms with E-state index in [2.05, 4.69) is 4.98 Å². The first-order valence-corrected chi connectivity index (χ1v) is 5.68. The third-order valence-electron chi connectivity index (χ3n) is 2.56. The van der Waals surface area contributed by atoms with E-state index in [1.54, 1.807) is 6.92 Å². The predicted octanol–water partition coefficient (Wildman–Crippen LogP) is 3.38. The van der Waals surface area contributed by atoms with Crippen LogP contribution in [0.4, 0.5) is 0 Å². The Hall–Kier alpha value is -2.03. The van der Waals surface area contributed by atoms with Crippen molar-refractivity contribution in [3.63, 3.8) is 0 Å². The van der Waals surface area contributed by atoms with Gasteiger partial charge < -0.3 is 9.72 Å². The number of rotatable bonds is 3. The van der Waals surface area contributed by atoms with E-state index in [0.717, 1.165) is 16.5 Å². The van der Waals surface area contributed by atoms with Crippen LogP contribution in [0.15, 0.2) is 30.3 Å². The summed E-state index contributed by atoms with van der Waals surface area (Å²) in [7, 11) is 0. The van der Waals surface area contributed by atoms with E-state index in [0.29, 0.717) is 12.3 Å². The molecule has 0 amide bonds. The van der Waals surface area contributed by atoms with Gasteiger partial charge in [-0.1, -0.05) is 30.4 Å². The van der Waals surface area contributed by atoms with Gasteiger partial charge in [-0.05, 0) is 19.9 Å². The lowest BCUT2D eigenvalue weighted by molar-refractivity contribution is 0.0520. The second kappa shape index (κ2) is 4.87. The fraction of sp³-hybridized carbons (Fsp3) is 0.214. The third kappa shape index (κ3) is 2.09. The maximum Gasteiger partial charge on any atom is 0.355 e. The number of H-pyrrole nitrogens is 1. The van der Waals surface area contributed by atoms with Crippen LogP contribution in [0.5, 0.6) is 0 Å². The number of fused-ring (bicyclic) bond motifs is 1. The van der Waals surface area contributed by atoms with E-state index in [1.165, 1.54) is 0 Å². The third-order valence-corrected chi connectivity index (χ3v) is 2.56. The molecule has 0 aliphatic rings. The lowest BCUT2D eigenvalue weighted by Crippen LogP contribution is -2.06. The molecular formula is C14H15NO2. The fourth-order valence-electron chi connectivity index (χ4n) is 1.87. The summed E-state index contributed by atoms with van der Waals surface area (Å²) in [6.45, 7) is 4.11. The van der Waals surface area contributed by atoms with Crippen molar-refractivity contribution in [1.82, 2.24) is 4.98 Å². The molecule has 0 saturated heterocycles. The SMILES string of the molecule is C/C=C/c1c(C(=O)OCC)[nH]c2ccccc12. The smallest absolute Gasteiger partial charge is 0.355 e. The number of nitrogens with one attached hydrogen (secondary N) is 1. The highest BCUT2D eigenvalue weighted by molar-refractivity contribution is 6.02. The first-order chi connectivity index (χ1) is 8.27. The van der Waals surface area contributed by atoms with E-state index in [1.807, 2.05) is 43.3 Å². The molecule has 0 spiro atoms. The van der Waals surface area contributed by atoms with Crippen molar-refractivity contribution in [3.05, 3.63) is 41.6 Å². The highest BCUT2D eigenvalue weighted by atomic mass is 16.5. The Bertz CT molecular complexity index is 567. The van der Waals surface area contributed by atoms with E-state index in [-0.39, 0.29) is 5.97 Å². The number of allylic oxidation sites excluding steroid dienone is 1. The van der Waals surface area contributed by atoms with E-state index in [9.17, 15) is 4.79 Å². The van der Waals surface area contributed by atoms with Gasteiger partial charge in [-0.3, -0.25) is 0 Å². The Morgan fingerprint density at radius 1 is 1.41 bits per heavy atom. The highest BCUT2D eigenvalue weighted by Crippen LogP contribution is 2.24. The van der Waals surface area contributed by atoms with Gasteiger partial charge in [-0.25, -0.2) is 4.79 Å². The molecule has 0 atom stereocenters. The second-order valence-corrected chi connectivity index (χ2v) is 3.68. The second-order valence-electron chi connectivity index (χ2n) is 3.68. The van der Waals surface area contributed by atoms with Crippen molar-refractivity contribution >= 4 is 22.9 Å². The van der Waals surface area contributed by atoms with Crippen LogP contribution in [-0.4, -0.2) is 17.6 Å². The number of aromatic amines is 1. The number of hydrogen-bond donors (Lipinski definition) is 1. The Labute approximate surface area is 100 Å². The summed E-state index contributed by atoms with van der Waals surface area (Å²) in [5.41, 5.74) is 2.36. The first-order valence-electron chi connectivity index (χ1n) is 5.68. The minimum Gasteiger partial charge on any atom is -0.461 e. The molecule has 1 N–H and O–H groups in total. The van der Waals surface area contributed by atoms with Crippen LogP contribution in [0, 0.1) is 0 Å². The van der Waals surface area contributed by atoms with E-state index in [4.69, 9.17) is 4.74 Å². The Kier molecular flexibility index (Phi) is 3.28. The predicted molar refractivity (Wildman–Crippen MR) is 69.0 cm³/mol. The summed E-state index contributed by atoms with van der Waals surface area (Å²) in [6.07, 6.45) is 3.84. The summed E-state index contributed by atoms with van der Waals surface area (Å²) in [4.78, 5) is 14.9. The molecule has 17 heavy (non-hydrogen) atoms. The summed E-state index contributed by atoms with van der Waals surface area (Å²) in [6, 6.07) is 7.83. The highest BCUT2D eigenvalue weighted by Gasteiger charge is 2.16. The molecule has 3 heteroatoms. The van der Waals surface area contributed by atoms with Crippen LogP contribution in [0.25, 0.3) is 17.0 Å². The number of aromatic nitrogens is 1. The Morgan fingerprint density at radius 3 is 2.88 bits per heavy atom. The molecule has 1 aromatic carbocycles. The van der Waals surface area contributed by atoms with Crippen LogP contribution in [0.3, 0.4) is 0 Å². The lowest BCUT2D eigenvalue weighted by atomic mass is 10.1. The molecule has 2 rings (SSSR count). The summed E-state index contributed by atoms with van der Waals surface area (Å²) in [5, 5.41) is 1.04. The molecular weight excluding hydrogens is 214 g/mol. The summed E-state index contributed by atoms with van der Waals surface area (Å²) < 4.78 is 5.04. The van der Waals surface area contributed by atoms with Gasteiger partial charge in [-0.2, -0.15) is 0 Å². The first kappa shape index (κ1) is 11.5. The number of para-hydroxylation sites is 1. The molecule has 2 aromatic rings. The van der Waals surface area contributed by atoms with E-state index < -0.39 is 0 Å². The largest absolute Gasteiger partial charge is 0.461 e. The Morgan fingerprint density at radius 2 is 2.18 bits per heavy atom. The minimum atomic E-state index is -0.309. The van der Waals surface area contributed by atoms with Gasteiger partial charge >= 0.3 is 5.97 Å². The maximum atomic E-state index is 11.8. The zero-order valence-electron chi connectivity index (χ0n) is 9.99. The number of carbonyl (C=O) groups is 1. The topological polar surface area (TPSA) is 42.1 Å². The molecule has 88 valence electrons. The number of esters is 1. The quantitative estimate of drug-likeness (QED) is 0.820. The molecule has 0 unspecified atom stereocenters. The number of carbonyl (C=O) groups excluding carboxylic acids is 1. The maximum absolute atomic E-state index is 11.8. The van der Waals surface area contributed by atoms with Gasteiger partial charge in [0.05, 0.1) is 6.61 Å². The molecule has 0 aliphatic carbocycles. The summed E-state index contributed by atoms with van der Waals surface area (Å²) >= 11 is 0.